The number of ether oxygens (including phenoxy) is 3. The summed E-state index contributed by atoms with van der Waals surface area (Å²) in [5.41, 5.74) is 0. The number of carbonyl (C=O) groups excluding carboxylic acids is 1. The number of esters is 1. The van der Waals surface area contributed by atoms with Gasteiger partial charge in [0.05, 0.1) is 13.5 Å². The van der Waals surface area contributed by atoms with E-state index in [9.17, 15) is 4.79 Å². The first-order chi connectivity index (χ1) is 9.69. The minimum atomic E-state index is -0.209. The number of rotatable bonds is 10. The van der Waals surface area contributed by atoms with Crippen molar-refractivity contribution in [1.29, 1.82) is 0 Å². The lowest BCUT2D eigenvalue weighted by molar-refractivity contribution is -0.139. The molecule has 0 aliphatic carbocycles. The Kier molecular flexibility index (Phi) is 8.45. The molecule has 6 heteroatoms. The molecule has 0 saturated heterocycles. The highest BCUT2D eigenvalue weighted by molar-refractivity contribution is 7.12. The minimum Gasteiger partial charge on any atom is -0.469 e. The molecule has 0 atom stereocenters. The molecule has 1 rings (SSSR count). The maximum absolute atomic E-state index is 11.2. The first-order valence-electron chi connectivity index (χ1n) is 6.77. The Balaban J connectivity index is 2.32. The van der Waals surface area contributed by atoms with Crippen LogP contribution in [-0.4, -0.2) is 39.1 Å². The number of carbonyl (C=O) groups is 1. The van der Waals surface area contributed by atoms with Crippen molar-refractivity contribution in [3.05, 3.63) is 21.9 Å². The molecular formula is C14H23NO4S. The molecule has 1 aromatic rings. The van der Waals surface area contributed by atoms with Crippen LogP contribution in [0.2, 0.25) is 0 Å². The second kappa shape index (κ2) is 9.88. The van der Waals surface area contributed by atoms with Crippen LogP contribution in [0.25, 0.3) is 0 Å². The molecule has 0 amide bonds. The van der Waals surface area contributed by atoms with E-state index in [1.807, 2.05) is 26.0 Å². The van der Waals surface area contributed by atoms with Crippen LogP contribution >= 0.6 is 11.3 Å². The van der Waals surface area contributed by atoms with E-state index >= 15 is 0 Å². The van der Waals surface area contributed by atoms with Crippen molar-refractivity contribution in [3.8, 4) is 0 Å². The summed E-state index contributed by atoms with van der Waals surface area (Å²) in [4.78, 5) is 13.4. The smallest absolute Gasteiger partial charge is 0.310 e. The van der Waals surface area contributed by atoms with Gasteiger partial charge in [0.25, 0.3) is 0 Å². The maximum Gasteiger partial charge on any atom is 0.310 e. The first-order valence-corrected chi connectivity index (χ1v) is 7.59. The van der Waals surface area contributed by atoms with Gasteiger partial charge in [0, 0.05) is 36.1 Å². The van der Waals surface area contributed by atoms with Crippen molar-refractivity contribution < 1.29 is 19.0 Å². The summed E-state index contributed by atoms with van der Waals surface area (Å²) in [7, 11) is 1.40. The van der Waals surface area contributed by atoms with Gasteiger partial charge in [-0.1, -0.05) is 0 Å². The summed E-state index contributed by atoms with van der Waals surface area (Å²) in [5.74, 6) is -0.209. The zero-order chi connectivity index (χ0) is 14.8. The van der Waals surface area contributed by atoms with Crippen LogP contribution in [0.3, 0.4) is 0 Å². The fraction of sp³-hybridized carbons (Fsp3) is 0.643. The van der Waals surface area contributed by atoms with Crippen molar-refractivity contribution in [1.82, 2.24) is 5.32 Å². The van der Waals surface area contributed by atoms with Gasteiger partial charge in [-0.3, -0.25) is 4.79 Å². The van der Waals surface area contributed by atoms with E-state index in [1.54, 1.807) is 11.3 Å². The number of hydrogen-bond donors (Lipinski definition) is 1. The molecule has 0 aliphatic heterocycles. The molecule has 5 nitrogen and oxygen atoms in total. The summed E-state index contributed by atoms with van der Waals surface area (Å²) < 4.78 is 15.5. The van der Waals surface area contributed by atoms with E-state index in [0.29, 0.717) is 26.2 Å². The second-order valence-corrected chi connectivity index (χ2v) is 5.34. The summed E-state index contributed by atoms with van der Waals surface area (Å²) in [5, 5.41) is 3.30. The van der Waals surface area contributed by atoms with E-state index in [1.165, 1.54) is 12.0 Å². The highest BCUT2D eigenvalue weighted by Gasteiger charge is 2.09. The van der Waals surface area contributed by atoms with Gasteiger partial charge in [0.2, 0.25) is 0 Å². The Morgan fingerprint density at radius 2 is 1.90 bits per heavy atom. The largest absolute Gasteiger partial charge is 0.469 e. The van der Waals surface area contributed by atoms with Crippen molar-refractivity contribution in [2.24, 2.45) is 0 Å². The molecule has 1 aromatic heterocycles. The van der Waals surface area contributed by atoms with Crippen LogP contribution in [0.1, 0.15) is 23.6 Å². The maximum atomic E-state index is 11.2. The Morgan fingerprint density at radius 3 is 2.50 bits per heavy atom. The second-order valence-electron chi connectivity index (χ2n) is 4.09. The highest BCUT2D eigenvalue weighted by atomic mass is 32.1. The standard InChI is InChI=1S/C14H23NO4S/c1-4-18-14(19-5-2)10-15-9-12-7-6-11(20-12)8-13(16)17-3/h6-7,14-15H,4-5,8-10H2,1-3H3. The van der Waals surface area contributed by atoms with Crippen LogP contribution in [-0.2, 0) is 32.0 Å². The Morgan fingerprint density at radius 1 is 1.25 bits per heavy atom. The fourth-order valence-corrected chi connectivity index (χ4v) is 2.65. The zero-order valence-electron chi connectivity index (χ0n) is 12.3. The lowest BCUT2D eigenvalue weighted by Crippen LogP contribution is -2.31. The van der Waals surface area contributed by atoms with Gasteiger partial charge in [-0.15, -0.1) is 11.3 Å². The van der Waals surface area contributed by atoms with Gasteiger partial charge in [0.1, 0.15) is 0 Å². The van der Waals surface area contributed by atoms with Gasteiger partial charge in [-0.05, 0) is 26.0 Å². The average molecular weight is 301 g/mol. The number of thiophene rings is 1. The molecule has 0 bridgehead atoms. The molecule has 1 N–H and O–H groups in total. The molecule has 0 aromatic carbocycles. The van der Waals surface area contributed by atoms with Gasteiger partial charge >= 0.3 is 5.97 Å². The van der Waals surface area contributed by atoms with E-state index in [-0.39, 0.29) is 12.3 Å². The van der Waals surface area contributed by atoms with Crippen molar-refractivity contribution in [2.75, 3.05) is 26.9 Å². The van der Waals surface area contributed by atoms with Gasteiger partial charge in [-0.2, -0.15) is 0 Å². The molecule has 1 heterocycles. The first kappa shape index (κ1) is 17.1. The van der Waals surface area contributed by atoms with Gasteiger partial charge in [0.15, 0.2) is 6.29 Å². The molecule has 0 saturated carbocycles. The highest BCUT2D eigenvalue weighted by Crippen LogP contribution is 2.17. The molecule has 0 fully saturated rings. The predicted octanol–water partition coefficient (Wildman–Crippen LogP) is 1.95. The molecule has 0 aliphatic rings. The number of methoxy groups -OCH3 is 1. The minimum absolute atomic E-state index is 0.209. The topological polar surface area (TPSA) is 56.8 Å². The summed E-state index contributed by atoms with van der Waals surface area (Å²) in [6.45, 7) is 6.55. The molecule has 0 unspecified atom stereocenters. The van der Waals surface area contributed by atoms with Crippen molar-refractivity contribution in [3.63, 3.8) is 0 Å². The third-order valence-electron chi connectivity index (χ3n) is 2.58. The van der Waals surface area contributed by atoms with Crippen LogP contribution in [0.4, 0.5) is 0 Å². The third-order valence-corrected chi connectivity index (χ3v) is 3.66. The summed E-state index contributed by atoms with van der Waals surface area (Å²) in [6, 6.07) is 3.98. The number of nitrogens with one attached hydrogen (secondary N) is 1. The predicted molar refractivity (Wildman–Crippen MR) is 78.8 cm³/mol. The molecular weight excluding hydrogens is 278 g/mol. The summed E-state index contributed by atoms with van der Waals surface area (Å²) in [6.07, 6.45) is 0.126. The molecule has 20 heavy (non-hydrogen) atoms. The van der Waals surface area contributed by atoms with Crippen LogP contribution in [0, 0.1) is 0 Å². The van der Waals surface area contributed by atoms with Crippen LogP contribution in [0.5, 0.6) is 0 Å². The Bertz CT molecular complexity index is 388. The van der Waals surface area contributed by atoms with E-state index in [2.05, 4.69) is 10.1 Å². The molecule has 0 radical (unpaired) electrons. The van der Waals surface area contributed by atoms with Gasteiger partial charge < -0.3 is 19.5 Å². The molecule has 114 valence electrons. The fourth-order valence-electron chi connectivity index (χ4n) is 1.68. The lowest BCUT2D eigenvalue weighted by atomic mass is 10.3. The third kappa shape index (κ3) is 6.47. The SMILES string of the molecule is CCOC(CNCc1ccc(CC(=O)OC)s1)OCC. The molecule has 0 spiro atoms. The lowest BCUT2D eigenvalue weighted by Gasteiger charge is -2.17. The quantitative estimate of drug-likeness (QED) is 0.529. The zero-order valence-corrected chi connectivity index (χ0v) is 13.1. The van der Waals surface area contributed by atoms with Crippen molar-refractivity contribution >= 4 is 17.3 Å². The number of hydrogen-bond acceptors (Lipinski definition) is 6. The van der Waals surface area contributed by atoms with E-state index in [0.717, 1.165) is 11.4 Å². The monoisotopic (exact) mass is 301 g/mol. The summed E-state index contributed by atoms with van der Waals surface area (Å²) >= 11 is 1.61. The van der Waals surface area contributed by atoms with E-state index in [4.69, 9.17) is 9.47 Å². The Hall–Kier alpha value is -0.950. The average Bonchev–Trinajstić information content (AvgIpc) is 2.86. The van der Waals surface area contributed by atoms with Gasteiger partial charge in [-0.25, -0.2) is 0 Å². The Labute approximate surface area is 124 Å². The van der Waals surface area contributed by atoms with Crippen LogP contribution < -0.4 is 5.32 Å². The van der Waals surface area contributed by atoms with Crippen molar-refractivity contribution in [2.45, 2.75) is 33.1 Å². The normalized spacial score (nSPS) is 11.0. The van der Waals surface area contributed by atoms with Crippen LogP contribution in [0.15, 0.2) is 12.1 Å². The van der Waals surface area contributed by atoms with E-state index < -0.39 is 0 Å².